The maximum absolute atomic E-state index is 13.0. The number of hydrogen-bond acceptors (Lipinski definition) is 8. The lowest BCUT2D eigenvalue weighted by molar-refractivity contribution is -0.140. The number of aliphatic hydroxyl groups is 1. The molecule has 2 N–H and O–H groups in total. The van der Waals surface area contributed by atoms with Gasteiger partial charge in [-0.25, -0.2) is 8.42 Å². The number of benzene rings is 2. The lowest BCUT2D eigenvalue weighted by Gasteiger charge is -2.26. The molecule has 2 aromatic carbocycles. The Morgan fingerprint density at radius 3 is 2.31 bits per heavy atom. The van der Waals surface area contributed by atoms with Crippen LogP contribution in [0.15, 0.2) is 59.0 Å². The summed E-state index contributed by atoms with van der Waals surface area (Å²) in [6.07, 6.45) is 0.478. The third-order valence-electron chi connectivity index (χ3n) is 6.23. The van der Waals surface area contributed by atoms with Gasteiger partial charge in [-0.2, -0.15) is 4.31 Å². The molecule has 10 nitrogen and oxygen atoms in total. The summed E-state index contributed by atoms with van der Waals surface area (Å²) in [4.78, 5) is 27.4. The third kappa shape index (κ3) is 5.00. The molecule has 0 aromatic heterocycles. The van der Waals surface area contributed by atoms with Crippen LogP contribution >= 0.6 is 0 Å². The van der Waals surface area contributed by atoms with E-state index >= 15 is 0 Å². The van der Waals surface area contributed by atoms with E-state index < -0.39 is 33.5 Å². The van der Waals surface area contributed by atoms with Crippen LogP contribution < -0.4 is 0 Å². The summed E-state index contributed by atoms with van der Waals surface area (Å²) in [5.41, 5.74) is 0.638. The van der Waals surface area contributed by atoms with Crippen LogP contribution in [-0.4, -0.2) is 86.1 Å². The van der Waals surface area contributed by atoms with Crippen molar-refractivity contribution in [1.82, 2.24) is 9.21 Å². The van der Waals surface area contributed by atoms with Crippen molar-refractivity contribution in [2.75, 3.05) is 46.6 Å². The highest BCUT2D eigenvalue weighted by atomic mass is 32.2. The zero-order valence-corrected chi connectivity index (χ0v) is 20.6. The van der Waals surface area contributed by atoms with E-state index in [0.29, 0.717) is 31.8 Å². The van der Waals surface area contributed by atoms with Gasteiger partial charge in [0, 0.05) is 38.9 Å². The number of ether oxygens (including phenoxy) is 2. The molecule has 2 aliphatic rings. The average molecular weight is 517 g/mol. The number of aliphatic hydroxyl groups excluding tert-OH is 1. The number of carbonyl (C=O) groups excluding carboxylic acids is 2. The maximum atomic E-state index is 13.0. The van der Waals surface area contributed by atoms with Gasteiger partial charge in [0.15, 0.2) is 0 Å². The molecule has 1 atom stereocenters. The van der Waals surface area contributed by atoms with Crippen molar-refractivity contribution < 1.29 is 37.7 Å². The smallest absolute Gasteiger partial charge is 0.295 e. The number of phenolic OH excluding ortho intramolecular Hbond substituents is 1. The van der Waals surface area contributed by atoms with Crippen LogP contribution in [0.4, 0.5) is 0 Å². The van der Waals surface area contributed by atoms with E-state index in [-0.39, 0.29) is 41.4 Å². The molecule has 192 valence electrons. The number of hydrogen-bond donors (Lipinski definition) is 2. The van der Waals surface area contributed by atoms with Gasteiger partial charge < -0.3 is 24.6 Å². The number of nitrogens with zero attached hydrogens (tertiary/aromatic N) is 2. The van der Waals surface area contributed by atoms with Crippen molar-refractivity contribution >= 4 is 27.5 Å². The van der Waals surface area contributed by atoms with Gasteiger partial charge in [-0.05, 0) is 48.4 Å². The number of ketones is 1. The summed E-state index contributed by atoms with van der Waals surface area (Å²) in [5, 5.41) is 20.9. The Kier molecular flexibility index (Phi) is 7.74. The highest BCUT2D eigenvalue weighted by molar-refractivity contribution is 7.89. The summed E-state index contributed by atoms with van der Waals surface area (Å²) >= 11 is 0. The van der Waals surface area contributed by atoms with Crippen molar-refractivity contribution in [3.63, 3.8) is 0 Å². The molecular formula is C25H28N2O8S. The topological polar surface area (TPSA) is 134 Å². The van der Waals surface area contributed by atoms with E-state index in [1.165, 1.54) is 52.7 Å². The number of amides is 1. The number of aromatic hydroxyl groups is 1. The van der Waals surface area contributed by atoms with Gasteiger partial charge in [-0.1, -0.05) is 12.1 Å². The highest BCUT2D eigenvalue weighted by Crippen LogP contribution is 2.40. The van der Waals surface area contributed by atoms with Crippen LogP contribution in [0.3, 0.4) is 0 Å². The SMILES string of the molecule is COCCCN1C(=O)C(=O)/C(=C(/O)c2ccc(S(=O)(=O)N3CCOCC3)cc2)C1c1ccc(O)cc1. The summed E-state index contributed by atoms with van der Waals surface area (Å²) < 4.78 is 37.4. The molecule has 1 unspecified atom stereocenters. The van der Waals surface area contributed by atoms with Gasteiger partial charge in [0.1, 0.15) is 11.5 Å². The third-order valence-corrected chi connectivity index (χ3v) is 8.14. The first-order valence-corrected chi connectivity index (χ1v) is 12.9. The van der Waals surface area contributed by atoms with Crippen molar-refractivity contribution in [3.8, 4) is 5.75 Å². The second kappa shape index (κ2) is 10.8. The van der Waals surface area contributed by atoms with Crippen molar-refractivity contribution in [3.05, 3.63) is 65.2 Å². The standard InChI is InChI=1S/C25H28N2O8S/c1-34-14-2-11-27-22(17-3-7-19(28)8-4-17)21(24(30)25(27)31)23(29)18-5-9-20(10-6-18)36(32,33)26-12-15-35-16-13-26/h3-10,22,28-29H,2,11-16H2,1H3/b23-21+. The van der Waals surface area contributed by atoms with E-state index in [2.05, 4.69) is 0 Å². The number of Topliss-reactive ketones (excluding diaryl/α,β-unsaturated/α-hetero) is 1. The van der Waals surface area contributed by atoms with Crippen molar-refractivity contribution in [2.45, 2.75) is 17.4 Å². The number of carbonyl (C=O) groups is 2. The average Bonchev–Trinajstić information content (AvgIpc) is 3.14. The number of sulfonamides is 1. The molecule has 2 fully saturated rings. The molecule has 2 aromatic rings. The number of rotatable bonds is 8. The van der Waals surface area contributed by atoms with Crippen LogP contribution in [0, 0.1) is 0 Å². The van der Waals surface area contributed by atoms with E-state index in [9.17, 15) is 28.2 Å². The molecule has 0 radical (unpaired) electrons. The first kappa shape index (κ1) is 25.8. The molecule has 0 aliphatic carbocycles. The molecule has 0 spiro atoms. The normalized spacial score (nSPS) is 20.7. The molecule has 1 amide bonds. The predicted octanol–water partition coefficient (Wildman–Crippen LogP) is 1.87. The lowest BCUT2D eigenvalue weighted by Crippen LogP contribution is -2.40. The number of phenols is 1. The van der Waals surface area contributed by atoms with Crippen LogP contribution in [-0.2, 0) is 29.1 Å². The first-order valence-electron chi connectivity index (χ1n) is 11.5. The van der Waals surface area contributed by atoms with Crippen molar-refractivity contribution in [1.29, 1.82) is 0 Å². The zero-order chi connectivity index (χ0) is 25.9. The minimum Gasteiger partial charge on any atom is -0.508 e. The van der Waals surface area contributed by atoms with E-state index in [1.807, 2.05) is 0 Å². The molecule has 2 saturated heterocycles. The second-order valence-electron chi connectivity index (χ2n) is 8.47. The van der Waals surface area contributed by atoms with Gasteiger partial charge in [0.25, 0.3) is 11.7 Å². The lowest BCUT2D eigenvalue weighted by atomic mass is 9.95. The van der Waals surface area contributed by atoms with Crippen molar-refractivity contribution in [2.24, 2.45) is 0 Å². The van der Waals surface area contributed by atoms with Crippen LogP contribution in [0.5, 0.6) is 5.75 Å². The first-order chi connectivity index (χ1) is 17.3. The molecule has 36 heavy (non-hydrogen) atoms. The van der Waals surface area contributed by atoms with Gasteiger partial charge >= 0.3 is 0 Å². The Labute approximate surface area is 209 Å². The Balaban J connectivity index is 1.71. The molecule has 0 saturated carbocycles. The fraction of sp³-hybridized carbons (Fsp3) is 0.360. The maximum Gasteiger partial charge on any atom is 0.295 e. The van der Waals surface area contributed by atoms with Crippen LogP contribution in [0.25, 0.3) is 5.76 Å². The number of methoxy groups -OCH3 is 1. The second-order valence-corrected chi connectivity index (χ2v) is 10.4. The molecular weight excluding hydrogens is 488 g/mol. The molecule has 2 aliphatic heterocycles. The molecule has 0 bridgehead atoms. The monoisotopic (exact) mass is 516 g/mol. The minimum absolute atomic E-state index is 0.0205. The van der Waals surface area contributed by atoms with E-state index in [1.54, 1.807) is 12.1 Å². The summed E-state index contributed by atoms with van der Waals surface area (Å²) in [7, 11) is -2.20. The van der Waals surface area contributed by atoms with Gasteiger partial charge in [0.05, 0.1) is 29.7 Å². The molecule has 4 rings (SSSR count). The summed E-state index contributed by atoms with van der Waals surface area (Å²) in [5.74, 6) is -1.98. The fourth-order valence-electron chi connectivity index (χ4n) is 4.37. The molecule has 2 heterocycles. The minimum atomic E-state index is -3.73. The quantitative estimate of drug-likeness (QED) is 0.235. The summed E-state index contributed by atoms with van der Waals surface area (Å²) in [6.45, 7) is 1.74. The van der Waals surface area contributed by atoms with Crippen LogP contribution in [0.2, 0.25) is 0 Å². The predicted molar refractivity (Wildman–Crippen MR) is 130 cm³/mol. The van der Waals surface area contributed by atoms with Gasteiger partial charge in [-0.3, -0.25) is 9.59 Å². The molecule has 11 heteroatoms. The summed E-state index contributed by atoms with van der Waals surface area (Å²) in [6, 6.07) is 10.7. The van der Waals surface area contributed by atoms with E-state index in [4.69, 9.17) is 9.47 Å². The van der Waals surface area contributed by atoms with Gasteiger partial charge in [-0.15, -0.1) is 0 Å². The van der Waals surface area contributed by atoms with Crippen LogP contribution in [0.1, 0.15) is 23.6 Å². The Morgan fingerprint density at radius 1 is 1.06 bits per heavy atom. The number of likely N-dealkylation sites (tertiary alicyclic amines) is 1. The van der Waals surface area contributed by atoms with E-state index in [0.717, 1.165) is 0 Å². The largest absolute Gasteiger partial charge is 0.508 e. The fourth-order valence-corrected chi connectivity index (χ4v) is 5.78. The Bertz CT molecular complexity index is 1250. The Hall–Kier alpha value is -3.25. The van der Waals surface area contributed by atoms with Gasteiger partial charge in [0.2, 0.25) is 10.0 Å². The highest BCUT2D eigenvalue weighted by Gasteiger charge is 2.45. The zero-order valence-electron chi connectivity index (χ0n) is 19.8. The number of morpholine rings is 1. The Morgan fingerprint density at radius 2 is 1.69 bits per heavy atom.